The van der Waals surface area contributed by atoms with Crippen LogP contribution in [0.3, 0.4) is 0 Å². The Bertz CT molecular complexity index is 472. The summed E-state index contributed by atoms with van der Waals surface area (Å²) in [5, 5.41) is 3.51. The van der Waals surface area contributed by atoms with Crippen molar-refractivity contribution in [1.29, 1.82) is 0 Å². The van der Waals surface area contributed by atoms with Crippen LogP contribution in [0.5, 0.6) is 0 Å². The van der Waals surface area contributed by atoms with Crippen LogP contribution in [0.2, 0.25) is 0 Å². The van der Waals surface area contributed by atoms with E-state index in [1.54, 1.807) is 22.4 Å². The molecular weight excluding hydrogens is 250 g/mol. The highest BCUT2D eigenvalue weighted by Gasteiger charge is 2.37. The van der Waals surface area contributed by atoms with E-state index in [0.717, 1.165) is 9.88 Å². The zero-order chi connectivity index (χ0) is 13.3. The molecule has 1 aromatic heterocycles. The number of nitrogens with zero attached hydrogens (tertiary/aromatic N) is 2. The maximum absolute atomic E-state index is 12.0. The molecule has 0 radical (unpaired) electrons. The summed E-state index contributed by atoms with van der Waals surface area (Å²) >= 11 is 1.57. The molecule has 1 saturated heterocycles. The van der Waals surface area contributed by atoms with Crippen LogP contribution in [0.25, 0.3) is 0 Å². The van der Waals surface area contributed by atoms with Gasteiger partial charge in [0.25, 0.3) is 0 Å². The fourth-order valence-corrected chi connectivity index (χ4v) is 3.05. The molecule has 2 atom stereocenters. The Kier molecular flexibility index (Phi) is 3.65. The Morgan fingerprint density at radius 1 is 1.61 bits per heavy atom. The number of carbonyl (C=O) groups excluding carboxylic acids is 2. The van der Waals surface area contributed by atoms with Crippen molar-refractivity contribution >= 4 is 23.2 Å². The molecule has 0 aromatic carbocycles. The molecule has 1 aromatic rings. The zero-order valence-electron chi connectivity index (χ0n) is 10.8. The molecule has 1 aliphatic rings. The van der Waals surface area contributed by atoms with Crippen molar-refractivity contribution in [3.05, 3.63) is 16.1 Å². The maximum atomic E-state index is 12.0. The summed E-state index contributed by atoms with van der Waals surface area (Å²) in [7, 11) is 0. The molecule has 0 spiro atoms. The number of carbonyl (C=O) groups is 2. The van der Waals surface area contributed by atoms with Gasteiger partial charge in [-0.05, 0) is 20.3 Å². The molecule has 5 nitrogen and oxygen atoms in total. The topological polar surface area (TPSA) is 62.3 Å². The zero-order valence-corrected chi connectivity index (χ0v) is 11.6. The lowest BCUT2D eigenvalue weighted by Gasteiger charge is -2.37. The number of hydrogen-bond acceptors (Lipinski definition) is 4. The SMILES string of the molecule is CCC1C(=O)NCC(=O)N1C(C)c1ncc(C)s1. The predicted molar refractivity (Wildman–Crippen MR) is 69.2 cm³/mol. The first kappa shape index (κ1) is 13.0. The Labute approximate surface area is 110 Å². The number of hydrogen-bond donors (Lipinski definition) is 1. The maximum Gasteiger partial charge on any atom is 0.243 e. The molecule has 2 heterocycles. The summed E-state index contributed by atoms with van der Waals surface area (Å²) in [4.78, 5) is 30.9. The lowest BCUT2D eigenvalue weighted by molar-refractivity contribution is -0.148. The number of nitrogens with one attached hydrogen (secondary N) is 1. The average Bonchev–Trinajstić information content (AvgIpc) is 2.77. The van der Waals surface area contributed by atoms with Crippen molar-refractivity contribution < 1.29 is 9.59 Å². The Hall–Kier alpha value is -1.43. The van der Waals surface area contributed by atoms with Gasteiger partial charge in [-0.25, -0.2) is 4.98 Å². The van der Waals surface area contributed by atoms with E-state index in [-0.39, 0.29) is 30.4 Å². The minimum atomic E-state index is -0.384. The Balaban J connectivity index is 2.27. The van der Waals surface area contributed by atoms with Gasteiger partial charge < -0.3 is 10.2 Å². The molecular formula is C12H17N3O2S. The highest BCUT2D eigenvalue weighted by Crippen LogP contribution is 2.28. The summed E-state index contributed by atoms with van der Waals surface area (Å²) in [6.45, 7) is 5.91. The van der Waals surface area contributed by atoms with Gasteiger partial charge in [0.05, 0.1) is 12.6 Å². The minimum absolute atomic E-state index is 0.0400. The van der Waals surface area contributed by atoms with Gasteiger partial charge in [-0.3, -0.25) is 9.59 Å². The lowest BCUT2D eigenvalue weighted by atomic mass is 10.1. The van der Waals surface area contributed by atoms with E-state index < -0.39 is 0 Å². The van der Waals surface area contributed by atoms with Gasteiger partial charge in [-0.1, -0.05) is 6.92 Å². The standard InChI is InChI=1S/C12H17N3O2S/c1-4-9-11(17)13-6-10(16)15(9)8(3)12-14-5-7(2)18-12/h5,8-9H,4,6H2,1-3H3,(H,13,17). The molecule has 0 aliphatic carbocycles. The lowest BCUT2D eigenvalue weighted by Crippen LogP contribution is -2.58. The van der Waals surface area contributed by atoms with Gasteiger partial charge in [0.1, 0.15) is 11.0 Å². The van der Waals surface area contributed by atoms with Crippen molar-refractivity contribution in [1.82, 2.24) is 15.2 Å². The number of amides is 2. The molecule has 2 unspecified atom stereocenters. The third-order valence-corrected chi connectivity index (χ3v) is 4.22. The quantitative estimate of drug-likeness (QED) is 0.896. The first-order valence-electron chi connectivity index (χ1n) is 6.05. The first-order valence-corrected chi connectivity index (χ1v) is 6.87. The van der Waals surface area contributed by atoms with Crippen molar-refractivity contribution in [3.8, 4) is 0 Å². The highest BCUT2D eigenvalue weighted by atomic mass is 32.1. The fraction of sp³-hybridized carbons (Fsp3) is 0.583. The van der Waals surface area contributed by atoms with Crippen molar-refractivity contribution in [2.75, 3.05) is 6.54 Å². The van der Waals surface area contributed by atoms with Crippen LogP contribution in [-0.4, -0.2) is 34.3 Å². The monoisotopic (exact) mass is 267 g/mol. The van der Waals surface area contributed by atoms with Crippen LogP contribution in [0.15, 0.2) is 6.20 Å². The van der Waals surface area contributed by atoms with Gasteiger partial charge >= 0.3 is 0 Å². The smallest absolute Gasteiger partial charge is 0.243 e. The van der Waals surface area contributed by atoms with Gasteiger partial charge in [0, 0.05) is 11.1 Å². The normalized spacial score (nSPS) is 21.9. The molecule has 1 aliphatic heterocycles. The van der Waals surface area contributed by atoms with Crippen molar-refractivity contribution in [3.63, 3.8) is 0 Å². The molecule has 18 heavy (non-hydrogen) atoms. The minimum Gasteiger partial charge on any atom is -0.345 e. The van der Waals surface area contributed by atoms with E-state index in [1.165, 1.54) is 0 Å². The van der Waals surface area contributed by atoms with E-state index in [2.05, 4.69) is 10.3 Å². The molecule has 98 valence electrons. The molecule has 1 N–H and O–H groups in total. The predicted octanol–water partition coefficient (Wildman–Crippen LogP) is 1.25. The second kappa shape index (κ2) is 5.06. The number of piperazine rings is 1. The second-order valence-electron chi connectivity index (χ2n) is 4.43. The van der Waals surface area contributed by atoms with Crippen LogP contribution >= 0.6 is 11.3 Å². The van der Waals surface area contributed by atoms with Crippen LogP contribution in [-0.2, 0) is 9.59 Å². The van der Waals surface area contributed by atoms with Gasteiger partial charge in [0.15, 0.2) is 0 Å². The van der Waals surface area contributed by atoms with Crippen LogP contribution < -0.4 is 5.32 Å². The number of aromatic nitrogens is 1. The highest BCUT2D eigenvalue weighted by molar-refractivity contribution is 7.11. The Morgan fingerprint density at radius 2 is 2.33 bits per heavy atom. The summed E-state index contributed by atoms with van der Waals surface area (Å²) in [5.74, 6) is -0.112. The van der Waals surface area contributed by atoms with Crippen molar-refractivity contribution in [2.24, 2.45) is 0 Å². The molecule has 0 bridgehead atoms. The largest absolute Gasteiger partial charge is 0.345 e. The number of thiazole rings is 1. The van der Waals surface area contributed by atoms with E-state index in [1.807, 2.05) is 20.8 Å². The summed E-state index contributed by atoms with van der Waals surface area (Å²) in [6, 6.07) is -0.530. The first-order chi connectivity index (χ1) is 8.54. The Morgan fingerprint density at radius 3 is 2.89 bits per heavy atom. The molecule has 1 fully saturated rings. The summed E-state index contributed by atoms with van der Waals surface area (Å²) in [5.41, 5.74) is 0. The average molecular weight is 267 g/mol. The number of rotatable bonds is 3. The van der Waals surface area contributed by atoms with Crippen LogP contribution in [0.1, 0.15) is 36.2 Å². The fourth-order valence-electron chi connectivity index (χ4n) is 2.22. The number of aryl methyl sites for hydroxylation is 1. The molecule has 2 rings (SSSR count). The van der Waals surface area contributed by atoms with Crippen LogP contribution in [0, 0.1) is 6.92 Å². The second-order valence-corrected chi connectivity index (χ2v) is 5.69. The van der Waals surface area contributed by atoms with Crippen molar-refractivity contribution in [2.45, 2.75) is 39.3 Å². The summed E-state index contributed by atoms with van der Waals surface area (Å²) < 4.78 is 0. The van der Waals surface area contributed by atoms with E-state index in [9.17, 15) is 9.59 Å². The molecule has 6 heteroatoms. The van der Waals surface area contributed by atoms with Crippen LogP contribution in [0.4, 0.5) is 0 Å². The van der Waals surface area contributed by atoms with Gasteiger partial charge in [-0.15, -0.1) is 11.3 Å². The third kappa shape index (κ3) is 2.25. The third-order valence-electron chi connectivity index (χ3n) is 3.14. The van der Waals surface area contributed by atoms with Gasteiger partial charge in [-0.2, -0.15) is 0 Å². The summed E-state index contributed by atoms with van der Waals surface area (Å²) in [6.07, 6.45) is 2.41. The van der Waals surface area contributed by atoms with E-state index in [0.29, 0.717) is 6.42 Å². The molecule has 2 amide bonds. The van der Waals surface area contributed by atoms with E-state index >= 15 is 0 Å². The van der Waals surface area contributed by atoms with Gasteiger partial charge in [0.2, 0.25) is 11.8 Å². The van der Waals surface area contributed by atoms with E-state index in [4.69, 9.17) is 0 Å². The molecule has 0 saturated carbocycles.